The first kappa shape index (κ1) is 22.1. The maximum absolute atomic E-state index is 12.9. The molecule has 1 amide bonds. The zero-order chi connectivity index (χ0) is 21.2. The first-order chi connectivity index (χ1) is 13.7. The summed E-state index contributed by atoms with van der Waals surface area (Å²) in [5, 5.41) is 3.77. The summed E-state index contributed by atoms with van der Waals surface area (Å²) in [6.45, 7) is 4.46. The summed E-state index contributed by atoms with van der Waals surface area (Å²) < 4.78 is 27.3. The van der Waals surface area contributed by atoms with Gasteiger partial charge in [0.05, 0.1) is 11.7 Å². The van der Waals surface area contributed by atoms with Crippen molar-refractivity contribution in [2.75, 3.05) is 18.4 Å². The number of carbonyl (C=O) groups is 1. The van der Waals surface area contributed by atoms with E-state index in [1.807, 2.05) is 32.0 Å². The molecule has 1 atom stereocenters. The molecule has 3 rings (SSSR count). The number of hydrogen-bond acceptors (Lipinski definition) is 3. The molecule has 0 bridgehead atoms. The molecule has 0 unspecified atom stereocenters. The highest BCUT2D eigenvalue weighted by atomic mass is 35.5. The van der Waals surface area contributed by atoms with E-state index in [0.29, 0.717) is 35.0 Å². The highest BCUT2D eigenvalue weighted by molar-refractivity contribution is 7.88. The standard InChI is InChI=1S/C21H24Cl2N2O3S/c1-14-5-3-6-15(2)20(14)24-21(26)16-7-4-10-25(12-16)29(27,28)13-17-8-9-18(22)11-19(17)23/h3,5-6,8-9,11,16H,4,7,10,12-13H2,1-2H3,(H,24,26)/t16-/m1/s1. The third kappa shape index (κ3) is 5.31. The van der Waals surface area contributed by atoms with Gasteiger partial charge in [0.15, 0.2) is 0 Å². The number of anilines is 1. The van der Waals surface area contributed by atoms with Crippen molar-refractivity contribution in [3.8, 4) is 0 Å². The second-order valence-electron chi connectivity index (χ2n) is 7.45. The predicted molar refractivity (Wildman–Crippen MR) is 118 cm³/mol. The minimum Gasteiger partial charge on any atom is -0.325 e. The summed E-state index contributed by atoms with van der Waals surface area (Å²) >= 11 is 12.0. The lowest BCUT2D eigenvalue weighted by Crippen LogP contribution is -2.44. The van der Waals surface area contributed by atoms with E-state index >= 15 is 0 Å². The molecule has 8 heteroatoms. The van der Waals surface area contributed by atoms with E-state index in [-0.39, 0.29) is 18.2 Å². The van der Waals surface area contributed by atoms with Gasteiger partial charge in [0.1, 0.15) is 0 Å². The maximum atomic E-state index is 12.9. The Morgan fingerprint density at radius 3 is 2.52 bits per heavy atom. The van der Waals surface area contributed by atoms with Gasteiger partial charge in [-0.1, -0.05) is 47.5 Å². The van der Waals surface area contributed by atoms with Gasteiger partial charge in [0, 0.05) is 28.8 Å². The lowest BCUT2D eigenvalue weighted by Gasteiger charge is -2.31. The lowest BCUT2D eigenvalue weighted by molar-refractivity contribution is -0.120. The van der Waals surface area contributed by atoms with Gasteiger partial charge in [0.2, 0.25) is 15.9 Å². The average Bonchev–Trinajstić information content (AvgIpc) is 2.67. The summed E-state index contributed by atoms with van der Waals surface area (Å²) in [6.07, 6.45) is 1.29. The molecule has 1 aliphatic rings. The van der Waals surface area contributed by atoms with Gasteiger partial charge in [-0.25, -0.2) is 12.7 Å². The summed E-state index contributed by atoms with van der Waals surface area (Å²) in [4.78, 5) is 12.8. The van der Waals surface area contributed by atoms with Crippen LogP contribution in [0.2, 0.25) is 10.0 Å². The van der Waals surface area contributed by atoms with E-state index in [1.54, 1.807) is 12.1 Å². The molecule has 2 aromatic rings. The van der Waals surface area contributed by atoms with E-state index in [0.717, 1.165) is 16.8 Å². The fraction of sp³-hybridized carbons (Fsp3) is 0.381. The largest absolute Gasteiger partial charge is 0.325 e. The van der Waals surface area contributed by atoms with Gasteiger partial charge in [-0.2, -0.15) is 0 Å². The summed E-state index contributed by atoms with van der Waals surface area (Å²) in [5.41, 5.74) is 3.26. The second kappa shape index (κ2) is 9.04. The first-order valence-electron chi connectivity index (χ1n) is 9.46. The molecule has 1 N–H and O–H groups in total. The lowest BCUT2D eigenvalue weighted by atomic mass is 9.98. The van der Waals surface area contributed by atoms with E-state index in [2.05, 4.69) is 5.32 Å². The number of piperidine rings is 1. The van der Waals surface area contributed by atoms with Crippen LogP contribution in [0.5, 0.6) is 0 Å². The number of aryl methyl sites for hydroxylation is 2. The third-order valence-electron chi connectivity index (χ3n) is 5.23. The van der Waals surface area contributed by atoms with E-state index in [4.69, 9.17) is 23.2 Å². The number of nitrogens with one attached hydrogen (secondary N) is 1. The highest BCUT2D eigenvalue weighted by Gasteiger charge is 2.33. The smallest absolute Gasteiger partial charge is 0.228 e. The molecule has 0 saturated carbocycles. The molecule has 0 spiro atoms. The quantitative estimate of drug-likeness (QED) is 0.705. The first-order valence-corrected chi connectivity index (χ1v) is 11.8. The number of rotatable bonds is 5. The van der Waals surface area contributed by atoms with Gasteiger partial charge in [-0.05, 0) is 55.5 Å². The van der Waals surface area contributed by atoms with Crippen molar-refractivity contribution in [3.05, 3.63) is 63.1 Å². The van der Waals surface area contributed by atoms with Gasteiger partial charge >= 0.3 is 0 Å². The molecular formula is C21H24Cl2N2O3S. The Kier molecular flexibility index (Phi) is 6.89. The van der Waals surface area contributed by atoms with Crippen LogP contribution in [0.1, 0.15) is 29.5 Å². The Balaban J connectivity index is 1.71. The van der Waals surface area contributed by atoms with Crippen LogP contribution in [-0.2, 0) is 20.6 Å². The van der Waals surface area contributed by atoms with Crippen molar-refractivity contribution in [3.63, 3.8) is 0 Å². The van der Waals surface area contributed by atoms with Crippen LogP contribution >= 0.6 is 23.2 Å². The number of hydrogen-bond donors (Lipinski definition) is 1. The molecule has 1 saturated heterocycles. The Labute approximate surface area is 182 Å². The molecule has 29 heavy (non-hydrogen) atoms. The number of amides is 1. The van der Waals surface area contributed by atoms with Crippen LogP contribution in [0, 0.1) is 19.8 Å². The maximum Gasteiger partial charge on any atom is 0.228 e. The number of halogens is 2. The number of benzene rings is 2. The molecule has 0 aromatic heterocycles. The van der Waals surface area contributed by atoms with E-state index in [1.165, 1.54) is 10.4 Å². The molecule has 2 aromatic carbocycles. The van der Waals surface area contributed by atoms with Gasteiger partial charge < -0.3 is 5.32 Å². The summed E-state index contributed by atoms with van der Waals surface area (Å²) in [6, 6.07) is 10.6. The predicted octanol–water partition coefficient (Wildman–Crippen LogP) is 4.79. The van der Waals surface area contributed by atoms with Crippen molar-refractivity contribution < 1.29 is 13.2 Å². The normalized spacial score (nSPS) is 17.9. The number of carbonyl (C=O) groups excluding carboxylic acids is 1. The van der Waals surface area contributed by atoms with Crippen molar-refractivity contribution in [2.24, 2.45) is 5.92 Å². The molecule has 1 aliphatic heterocycles. The van der Waals surface area contributed by atoms with E-state index in [9.17, 15) is 13.2 Å². The molecule has 1 heterocycles. The average molecular weight is 455 g/mol. The van der Waals surface area contributed by atoms with Gasteiger partial charge in [-0.15, -0.1) is 0 Å². The molecule has 1 fully saturated rings. The van der Waals surface area contributed by atoms with Crippen molar-refractivity contribution >= 4 is 44.8 Å². The zero-order valence-electron chi connectivity index (χ0n) is 16.4. The van der Waals surface area contributed by atoms with Crippen molar-refractivity contribution in [2.45, 2.75) is 32.4 Å². The fourth-order valence-corrected chi connectivity index (χ4v) is 5.77. The van der Waals surface area contributed by atoms with Crippen molar-refractivity contribution in [1.29, 1.82) is 0 Å². The van der Waals surface area contributed by atoms with E-state index < -0.39 is 15.9 Å². The highest BCUT2D eigenvalue weighted by Crippen LogP contribution is 2.27. The fourth-order valence-electron chi connectivity index (χ4n) is 3.57. The molecule has 5 nitrogen and oxygen atoms in total. The zero-order valence-corrected chi connectivity index (χ0v) is 18.7. The number of nitrogens with zero attached hydrogens (tertiary/aromatic N) is 1. The number of para-hydroxylation sites is 1. The minimum atomic E-state index is -3.60. The second-order valence-corrected chi connectivity index (χ2v) is 10.3. The Morgan fingerprint density at radius 2 is 1.86 bits per heavy atom. The summed E-state index contributed by atoms with van der Waals surface area (Å²) in [7, 11) is -3.60. The minimum absolute atomic E-state index is 0.146. The van der Waals surface area contributed by atoms with Gasteiger partial charge in [0.25, 0.3) is 0 Å². The molecular weight excluding hydrogens is 431 g/mol. The van der Waals surface area contributed by atoms with Crippen LogP contribution in [-0.4, -0.2) is 31.7 Å². The Bertz CT molecular complexity index is 1000. The van der Waals surface area contributed by atoms with Crippen molar-refractivity contribution in [1.82, 2.24) is 4.31 Å². The van der Waals surface area contributed by atoms with Crippen LogP contribution in [0.25, 0.3) is 0 Å². The van der Waals surface area contributed by atoms with Gasteiger partial charge in [-0.3, -0.25) is 4.79 Å². The molecule has 0 radical (unpaired) electrons. The van der Waals surface area contributed by atoms with Crippen LogP contribution in [0.3, 0.4) is 0 Å². The topological polar surface area (TPSA) is 66.5 Å². The number of sulfonamides is 1. The summed E-state index contributed by atoms with van der Waals surface area (Å²) in [5.74, 6) is -0.751. The molecule has 0 aliphatic carbocycles. The SMILES string of the molecule is Cc1cccc(C)c1NC(=O)[C@@H]1CCCN(S(=O)(=O)Cc2ccc(Cl)cc2Cl)C1. The Morgan fingerprint density at radius 1 is 1.17 bits per heavy atom. The monoisotopic (exact) mass is 454 g/mol. The van der Waals surface area contributed by atoms with Crippen LogP contribution < -0.4 is 5.32 Å². The Hall–Kier alpha value is -1.60. The van der Waals surface area contributed by atoms with Crippen LogP contribution in [0.15, 0.2) is 36.4 Å². The third-order valence-corrected chi connectivity index (χ3v) is 7.61. The molecule has 156 valence electrons. The van der Waals surface area contributed by atoms with Crippen LogP contribution in [0.4, 0.5) is 5.69 Å².